The normalized spacial score (nSPS) is 10.6. The third-order valence-corrected chi connectivity index (χ3v) is 4.39. The number of benzene rings is 2. The van der Waals surface area contributed by atoms with E-state index in [9.17, 15) is 13.6 Å². The van der Waals surface area contributed by atoms with Crippen LogP contribution >= 0.6 is 0 Å². The molecule has 6 heteroatoms. The van der Waals surface area contributed by atoms with Crippen LogP contribution in [-0.2, 0) is 22.6 Å². The van der Waals surface area contributed by atoms with E-state index in [2.05, 4.69) is 38.1 Å². The number of unbranched alkanes of at least 4 members (excludes halogenated alkanes) is 1. The van der Waals surface area contributed by atoms with Gasteiger partial charge in [0.05, 0.1) is 0 Å². The molecule has 0 N–H and O–H groups in total. The monoisotopic (exact) mass is 432 g/mol. The quantitative estimate of drug-likeness (QED) is 0.274. The molecule has 0 saturated heterocycles. The Labute approximate surface area is 182 Å². The summed E-state index contributed by atoms with van der Waals surface area (Å²) in [6, 6.07) is 15.7. The second-order valence-electron chi connectivity index (χ2n) is 7.63. The summed E-state index contributed by atoms with van der Waals surface area (Å²) < 4.78 is 40.1. The molecule has 4 nitrogen and oxygen atoms in total. The van der Waals surface area contributed by atoms with Gasteiger partial charge in [-0.3, -0.25) is 4.79 Å². The van der Waals surface area contributed by atoms with Gasteiger partial charge in [-0.2, -0.15) is 8.78 Å². The second-order valence-corrected chi connectivity index (χ2v) is 7.63. The molecule has 2 aromatic rings. The highest BCUT2D eigenvalue weighted by Gasteiger charge is 2.04. The lowest BCUT2D eigenvalue weighted by atomic mass is 10.0. The number of carbonyl (C=O) groups is 1. The molecule has 0 aliphatic rings. The van der Waals surface area contributed by atoms with Crippen LogP contribution in [-0.4, -0.2) is 19.2 Å². The molecule has 0 fully saturated rings. The molecular weight excluding hydrogens is 402 g/mol. The molecule has 0 spiro atoms. The first-order valence-electron chi connectivity index (χ1n) is 10.5. The van der Waals surface area contributed by atoms with Crippen LogP contribution in [0.2, 0.25) is 0 Å². The fourth-order valence-electron chi connectivity index (χ4n) is 2.89. The lowest BCUT2D eigenvalue weighted by molar-refractivity contribution is -0.144. The highest BCUT2D eigenvalue weighted by atomic mass is 19.3. The van der Waals surface area contributed by atoms with Crippen LogP contribution < -0.4 is 9.47 Å². The number of carbonyl (C=O) groups excluding carboxylic acids is 1. The van der Waals surface area contributed by atoms with E-state index in [1.807, 2.05) is 12.1 Å². The maximum atomic E-state index is 11.9. The Morgan fingerprint density at radius 2 is 1.52 bits per heavy atom. The lowest BCUT2D eigenvalue weighted by Gasteiger charge is -2.10. The molecule has 0 saturated carbocycles. The Morgan fingerprint density at radius 1 is 0.903 bits per heavy atom. The van der Waals surface area contributed by atoms with Crippen molar-refractivity contribution in [2.75, 3.05) is 13.2 Å². The summed E-state index contributed by atoms with van der Waals surface area (Å²) in [6.07, 6.45) is 0.741. The van der Waals surface area contributed by atoms with E-state index in [1.54, 1.807) is 12.1 Å². The van der Waals surface area contributed by atoms with Gasteiger partial charge in [-0.1, -0.05) is 38.1 Å². The van der Waals surface area contributed by atoms with E-state index in [-0.39, 0.29) is 26.1 Å². The maximum absolute atomic E-state index is 11.9. The number of halogens is 2. The van der Waals surface area contributed by atoms with E-state index in [1.165, 1.54) is 5.56 Å². The minimum absolute atomic E-state index is 0.107. The molecule has 0 atom stereocenters. The lowest BCUT2D eigenvalue weighted by Crippen LogP contribution is -2.11. The van der Waals surface area contributed by atoms with Gasteiger partial charge < -0.3 is 14.2 Å². The number of hydrogen-bond donors (Lipinski definition) is 0. The smallest absolute Gasteiger partial charge is 0.305 e. The summed E-state index contributed by atoms with van der Waals surface area (Å²) in [7, 11) is 0. The van der Waals surface area contributed by atoms with Gasteiger partial charge >= 0.3 is 5.97 Å². The molecule has 168 valence electrons. The van der Waals surface area contributed by atoms with E-state index in [4.69, 9.17) is 14.2 Å². The number of esters is 1. The van der Waals surface area contributed by atoms with Crippen molar-refractivity contribution in [3.05, 3.63) is 71.8 Å². The highest BCUT2D eigenvalue weighted by Crippen LogP contribution is 2.19. The summed E-state index contributed by atoms with van der Waals surface area (Å²) >= 11 is 0. The molecule has 0 unspecified atom stereocenters. The zero-order valence-corrected chi connectivity index (χ0v) is 18.1. The Balaban J connectivity index is 1.63. The van der Waals surface area contributed by atoms with Crippen LogP contribution in [0.15, 0.2) is 60.7 Å². The third kappa shape index (κ3) is 10.6. The highest BCUT2D eigenvalue weighted by molar-refractivity contribution is 5.69. The van der Waals surface area contributed by atoms with Gasteiger partial charge in [-0.15, -0.1) is 0 Å². The van der Waals surface area contributed by atoms with Crippen molar-refractivity contribution < 1.29 is 27.8 Å². The van der Waals surface area contributed by atoms with E-state index in [0.29, 0.717) is 24.7 Å². The largest absolute Gasteiger partial charge is 0.490 e. The Bertz CT molecular complexity index is 810. The predicted octanol–water partition coefficient (Wildman–Crippen LogP) is 6.34. The predicted molar refractivity (Wildman–Crippen MR) is 116 cm³/mol. The topological polar surface area (TPSA) is 44.8 Å². The van der Waals surface area contributed by atoms with Crippen LogP contribution in [0.4, 0.5) is 8.78 Å². The zero-order chi connectivity index (χ0) is 22.5. The van der Waals surface area contributed by atoms with Crippen molar-refractivity contribution in [1.29, 1.82) is 0 Å². The minimum atomic E-state index is -1.73. The molecular formula is C25H30F2O4. The molecule has 0 radical (unpaired) electrons. The fraction of sp³-hybridized carbons (Fsp3) is 0.400. The molecule has 0 amide bonds. The standard InChI is InChI=1S/C25H30F2O4/c1-19(2)17-20-7-9-21(10-8-20)18-31-23-13-11-22(12-14-23)29-15-16-30-25(28)6-4-3-5-24(26)27/h5,7-14,19H,3-4,6,15-18H2,1-2H3. The average Bonchev–Trinajstić information content (AvgIpc) is 2.74. The SMILES string of the molecule is CC(C)Cc1ccc(COc2ccc(OCCOC(=O)CCCC=C(F)F)cc2)cc1. The van der Waals surface area contributed by atoms with Crippen molar-refractivity contribution >= 4 is 5.97 Å². The molecule has 0 aliphatic carbocycles. The van der Waals surface area contributed by atoms with Gasteiger partial charge in [0.15, 0.2) is 0 Å². The molecule has 0 aliphatic heterocycles. The van der Waals surface area contributed by atoms with Gasteiger partial charge in [-0.05, 0) is 66.6 Å². The Morgan fingerprint density at radius 3 is 2.13 bits per heavy atom. The first-order valence-corrected chi connectivity index (χ1v) is 10.5. The van der Waals surface area contributed by atoms with Crippen LogP contribution in [0.25, 0.3) is 0 Å². The first kappa shape index (κ1) is 24.4. The molecule has 0 aromatic heterocycles. The van der Waals surface area contributed by atoms with Crippen molar-refractivity contribution in [3.8, 4) is 11.5 Å². The van der Waals surface area contributed by atoms with E-state index < -0.39 is 12.0 Å². The molecule has 2 aromatic carbocycles. The number of allylic oxidation sites excluding steroid dienone is 1. The van der Waals surface area contributed by atoms with Crippen LogP contribution in [0, 0.1) is 5.92 Å². The molecule has 31 heavy (non-hydrogen) atoms. The zero-order valence-electron chi connectivity index (χ0n) is 18.1. The third-order valence-electron chi connectivity index (χ3n) is 4.39. The van der Waals surface area contributed by atoms with Crippen LogP contribution in [0.5, 0.6) is 11.5 Å². The summed E-state index contributed by atoms with van der Waals surface area (Å²) in [5.41, 5.74) is 2.44. The molecule has 2 rings (SSSR count). The van der Waals surface area contributed by atoms with Gasteiger partial charge in [0.2, 0.25) is 0 Å². The van der Waals surface area contributed by atoms with Gasteiger partial charge in [0, 0.05) is 6.42 Å². The summed E-state index contributed by atoms with van der Waals surface area (Å²) in [5, 5.41) is 0. The molecule has 0 heterocycles. The minimum Gasteiger partial charge on any atom is -0.490 e. The average molecular weight is 433 g/mol. The first-order chi connectivity index (χ1) is 14.9. The number of rotatable bonds is 13. The van der Waals surface area contributed by atoms with E-state index >= 15 is 0 Å². The summed E-state index contributed by atoms with van der Waals surface area (Å²) in [4.78, 5) is 11.5. The Hall–Kier alpha value is -2.89. The van der Waals surface area contributed by atoms with Crippen molar-refractivity contribution in [2.45, 2.75) is 46.1 Å². The van der Waals surface area contributed by atoms with Crippen molar-refractivity contribution in [2.24, 2.45) is 5.92 Å². The van der Waals surface area contributed by atoms with Gasteiger partial charge in [-0.25, -0.2) is 0 Å². The van der Waals surface area contributed by atoms with Crippen molar-refractivity contribution in [3.63, 3.8) is 0 Å². The van der Waals surface area contributed by atoms with Gasteiger partial charge in [0.25, 0.3) is 6.08 Å². The van der Waals surface area contributed by atoms with Crippen LogP contribution in [0.3, 0.4) is 0 Å². The van der Waals surface area contributed by atoms with Crippen LogP contribution in [0.1, 0.15) is 44.2 Å². The van der Waals surface area contributed by atoms with E-state index in [0.717, 1.165) is 23.8 Å². The van der Waals surface area contributed by atoms with Crippen molar-refractivity contribution in [1.82, 2.24) is 0 Å². The Kier molecular flexibility index (Phi) is 10.6. The molecule has 0 bridgehead atoms. The summed E-state index contributed by atoms with van der Waals surface area (Å²) in [6.45, 7) is 5.23. The number of ether oxygens (including phenoxy) is 3. The summed E-state index contributed by atoms with van der Waals surface area (Å²) in [5.74, 6) is 1.60. The second kappa shape index (κ2) is 13.4. The van der Waals surface area contributed by atoms with Gasteiger partial charge in [0.1, 0.15) is 31.3 Å². The number of hydrogen-bond acceptors (Lipinski definition) is 4. The fourth-order valence-corrected chi connectivity index (χ4v) is 2.89. The maximum Gasteiger partial charge on any atom is 0.305 e.